The van der Waals surface area contributed by atoms with Crippen LogP contribution < -0.4 is 10.2 Å². The quantitative estimate of drug-likeness (QED) is 0.931. The van der Waals surface area contributed by atoms with Crippen molar-refractivity contribution in [2.45, 2.75) is 0 Å². The Morgan fingerprint density at radius 3 is 2.52 bits per heavy atom. The van der Waals surface area contributed by atoms with Crippen LogP contribution in [0.1, 0.15) is 5.56 Å². The summed E-state index contributed by atoms with van der Waals surface area (Å²) in [5.41, 5.74) is 3.59. The monoisotopic (exact) mass is 333 g/mol. The maximum atomic E-state index is 13.8. The molecule has 0 radical (unpaired) electrons. The second kappa shape index (κ2) is 6.78. The number of hydrogen-bond acceptors (Lipinski definition) is 4. The molecule has 0 aromatic heterocycles. The molecule has 1 heterocycles. The van der Waals surface area contributed by atoms with E-state index in [9.17, 15) is 8.78 Å². The maximum absolute atomic E-state index is 13.8. The summed E-state index contributed by atoms with van der Waals surface area (Å²) in [6.45, 7) is 0. The van der Waals surface area contributed by atoms with Gasteiger partial charge in [-0.1, -0.05) is 30.0 Å². The lowest BCUT2D eigenvalue weighted by Gasteiger charge is -2.16. The van der Waals surface area contributed by atoms with Crippen LogP contribution >= 0.6 is 11.8 Å². The molecule has 1 aliphatic rings. The molecule has 0 bridgehead atoms. The number of hydrazone groups is 1. The molecule has 7 heteroatoms. The molecule has 4 nitrogen and oxygen atoms in total. The van der Waals surface area contributed by atoms with Crippen molar-refractivity contribution in [1.82, 2.24) is 5.43 Å². The molecule has 0 spiro atoms. The number of para-hydroxylation sites is 2. The van der Waals surface area contributed by atoms with Gasteiger partial charge < -0.3 is 4.74 Å². The molecule has 2 aromatic rings. The van der Waals surface area contributed by atoms with Crippen molar-refractivity contribution in [3.8, 4) is 5.75 Å². The highest BCUT2D eigenvalue weighted by molar-refractivity contribution is 8.14. The Morgan fingerprint density at radius 1 is 1.13 bits per heavy atom. The lowest BCUT2D eigenvalue weighted by atomic mass is 10.1. The fourth-order valence-electron chi connectivity index (χ4n) is 2.11. The Hall–Kier alpha value is -2.41. The van der Waals surface area contributed by atoms with Gasteiger partial charge in [0.05, 0.1) is 18.4 Å². The summed E-state index contributed by atoms with van der Waals surface area (Å²) in [7, 11) is 1.57. The predicted molar refractivity (Wildman–Crippen MR) is 88.6 cm³/mol. The molecule has 0 fully saturated rings. The second-order valence-corrected chi connectivity index (χ2v) is 5.61. The number of nitrogens with zero attached hydrogens (tertiary/aromatic N) is 2. The minimum atomic E-state index is -0.628. The molecule has 0 aliphatic carbocycles. The zero-order valence-corrected chi connectivity index (χ0v) is 13.0. The number of nitrogens with one attached hydrogen (secondary N) is 1. The smallest absolute Gasteiger partial charge is 0.182 e. The highest BCUT2D eigenvalue weighted by atomic mass is 32.2. The van der Waals surface area contributed by atoms with Gasteiger partial charge in [0.25, 0.3) is 0 Å². The summed E-state index contributed by atoms with van der Waals surface area (Å²) in [5.74, 6) is -0.302. The van der Waals surface area contributed by atoms with Gasteiger partial charge in [0, 0.05) is 5.75 Å². The lowest BCUT2D eigenvalue weighted by Crippen LogP contribution is -2.26. The van der Waals surface area contributed by atoms with Gasteiger partial charge in [-0.05, 0) is 24.3 Å². The molecular weight excluding hydrogens is 320 g/mol. The second-order valence-electron chi connectivity index (χ2n) is 4.64. The molecule has 0 atom stereocenters. The van der Waals surface area contributed by atoms with Crippen LogP contribution in [0.5, 0.6) is 5.75 Å². The van der Waals surface area contributed by atoms with Gasteiger partial charge >= 0.3 is 0 Å². The number of ether oxygens (including phenoxy) is 1. The van der Waals surface area contributed by atoms with E-state index in [2.05, 4.69) is 15.5 Å². The zero-order chi connectivity index (χ0) is 16.2. The SMILES string of the molecule is COc1ccccc1N=C1NN=C(c2c(F)cccc2F)CS1. The average Bonchev–Trinajstić information content (AvgIpc) is 2.57. The van der Waals surface area contributed by atoms with E-state index in [0.29, 0.717) is 28.1 Å². The van der Waals surface area contributed by atoms with Crippen molar-refractivity contribution in [2.24, 2.45) is 10.1 Å². The standard InChI is InChI=1S/C16H13F2N3OS/c1-22-14-8-3-2-7-12(14)19-16-21-20-13(9-23-16)15-10(17)5-4-6-11(15)18/h2-8H,9H2,1H3,(H,19,21). The number of aliphatic imine (C=N–C) groups is 1. The Kier molecular flexibility index (Phi) is 4.57. The molecule has 0 saturated heterocycles. The first-order chi connectivity index (χ1) is 11.2. The largest absolute Gasteiger partial charge is 0.494 e. The Morgan fingerprint density at radius 2 is 1.87 bits per heavy atom. The summed E-state index contributed by atoms with van der Waals surface area (Å²) in [6, 6.07) is 11.1. The van der Waals surface area contributed by atoms with Crippen LogP contribution in [0.15, 0.2) is 52.6 Å². The van der Waals surface area contributed by atoms with Gasteiger partial charge in [0.1, 0.15) is 23.1 Å². The van der Waals surface area contributed by atoms with Crippen LogP contribution in [0.2, 0.25) is 0 Å². The maximum Gasteiger partial charge on any atom is 0.182 e. The average molecular weight is 333 g/mol. The Bertz CT molecular complexity index is 772. The minimum absolute atomic E-state index is 0.108. The topological polar surface area (TPSA) is 46.0 Å². The number of hydrogen-bond donors (Lipinski definition) is 1. The first-order valence-electron chi connectivity index (χ1n) is 6.80. The first kappa shape index (κ1) is 15.5. The number of benzene rings is 2. The molecule has 3 rings (SSSR count). The molecule has 23 heavy (non-hydrogen) atoms. The lowest BCUT2D eigenvalue weighted by molar-refractivity contribution is 0.416. The summed E-state index contributed by atoms with van der Waals surface area (Å²) < 4.78 is 32.8. The van der Waals surface area contributed by atoms with Gasteiger partial charge in [-0.2, -0.15) is 5.10 Å². The van der Waals surface area contributed by atoms with Gasteiger partial charge in [-0.25, -0.2) is 13.8 Å². The number of rotatable bonds is 3. The van der Waals surface area contributed by atoms with Crippen molar-refractivity contribution in [3.63, 3.8) is 0 Å². The molecule has 0 saturated carbocycles. The highest BCUT2D eigenvalue weighted by Crippen LogP contribution is 2.28. The van der Waals surface area contributed by atoms with Gasteiger partial charge in [0.15, 0.2) is 5.17 Å². The van der Waals surface area contributed by atoms with Crippen LogP contribution in [0, 0.1) is 11.6 Å². The highest BCUT2D eigenvalue weighted by Gasteiger charge is 2.20. The van der Waals surface area contributed by atoms with Gasteiger partial charge in [0.2, 0.25) is 0 Å². The Balaban J connectivity index is 1.85. The number of amidine groups is 1. The Labute approximate surface area is 136 Å². The van der Waals surface area contributed by atoms with E-state index in [4.69, 9.17) is 4.74 Å². The third-order valence-electron chi connectivity index (χ3n) is 3.19. The van der Waals surface area contributed by atoms with E-state index in [1.165, 1.54) is 30.0 Å². The van der Waals surface area contributed by atoms with E-state index < -0.39 is 11.6 Å². The van der Waals surface area contributed by atoms with Gasteiger partial charge in [-0.15, -0.1) is 0 Å². The van der Waals surface area contributed by atoms with Crippen molar-refractivity contribution < 1.29 is 13.5 Å². The number of halogens is 2. The van der Waals surface area contributed by atoms with Crippen LogP contribution in [-0.2, 0) is 0 Å². The van der Waals surface area contributed by atoms with Crippen LogP contribution in [0.4, 0.5) is 14.5 Å². The van der Waals surface area contributed by atoms with Crippen molar-refractivity contribution in [2.75, 3.05) is 12.9 Å². The van der Waals surface area contributed by atoms with E-state index in [-0.39, 0.29) is 5.56 Å². The fraction of sp³-hybridized carbons (Fsp3) is 0.125. The molecule has 0 unspecified atom stereocenters. The first-order valence-corrected chi connectivity index (χ1v) is 7.79. The molecule has 0 amide bonds. The van der Waals surface area contributed by atoms with Crippen molar-refractivity contribution >= 4 is 28.3 Å². The summed E-state index contributed by atoms with van der Waals surface area (Å²) in [4.78, 5) is 4.41. The van der Waals surface area contributed by atoms with Crippen LogP contribution in [0.25, 0.3) is 0 Å². The summed E-state index contributed by atoms with van der Waals surface area (Å²) in [6.07, 6.45) is 0. The summed E-state index contributed by atoms with van der Waals surface area (Å²) in [5, 5.41) is 4.59. The molecular formula is C16H13F2N3OS. The van der Waals surface area contributed by atoms with E-state index in [1.807, 2.05) is 18.2 Å². The molecule has 1 N–H and O–H groups in total. The summed E-state index contributed by atoms with van der Waals surface area (Å²) >= 11 is 1.32. The molecule has 2 aromatic carbocycles. The minimum Gasteiger partial charge on any atom is -0.494 e. The predicted octanol–water partition coefficient (Wildman–Crippen LogP) is 3.70. The van der Waals surface area contributed by atoms with Crippen LogP contribution in [-0.4, -0.2) is 23.7 Å². The fourth-order valence-corrected chi connectivity index (χ4v) is 2.86. The third-order valence-corrected chi connectivity index (χ3v) is 4.06. The van der Waals surface area contributed by atoms with Crippen molar-refractivity contribution in [3.05, 3.63) is 59.7 Å². The van der Waals surface area contributed by atoms with E-state index in [0.717, 1.165) is 0 Å². The normalized spacial score (nSPS) is 16.0. The molecule has 1 aliphatic heterocycles. The van der Waals surface area contributed by atoms with E-state index >= 15 is 0 Å². The zero-order valence-electron chi connectivity index (χ0n) is 12.2. The number of thioether (sulfide) groups is 1. The van der Waals surface area contributed by atoms with Gasteiger partial charge in [-0.3, -0.25) is 5.43 Å². The number of methoxy groups -OCH3 is 1. The molecule has 118 valence electrons. The van der Waals surface area contributed by atoms with E-state index in [1.54, 1.807) is 13.2 Å². The van der Waals surface area contributed by atoms with Crippen molar-refractivity contribution in [1.29, 1.82) is 0 Å². The van der Waals surface area contributed by atoms with Crippen LogP contribution in [0.3, 0.4) is 0 Å². The third kappa shape index (κ3) is 3.34.